The maximum Gasteiger partial charge on any atom is 0.306 e. The van der Waals surface area contributed by atoms with Gasteiger partial charge in [0.05, 0.1) is 0 Å². The van der Waals surface area contributed by atoms with E-state index in [1.54, 1.807) is 0 Å². The molecule has 0 spiro atoms. The van der Waals surface area contributed by atoms with Crippen molar-refractivity contribution in [2.24, 2.45) is 29.6 Å². The summed E-state index contributed by atoms with van der Waals surface area (Å²) >= 11 is 0. The Kier molecular flexibility index (Phi) is 8.52. The zero-order chi connectivity index (χ0) is 19.1. The standard InChI is InChI=1S/C25H44O2/c1-3-5-7-8-9-19-11-15-23-20(17-19)12-13-21-18-22(14-16-24(21)23)27-25(26)10-6-4-2/h19-24H,3-18H2,1-2H3. The molecule has 0 radical (unpaired) electrons. The van der Waals surface area contributed by atoms with Crippen molar-refractivity contribution in [2.45, 2.75) is 123 Å². The summed E-state index contributed by atoms with van der Waals surface area (Å²) in [7, 11) is 0. The van der Waals surface area contributed by atoms with Crippen LogP contribution in [0.25, 0.3) is 0 Å². The quantitative estimate of drug-likeness (QED) is 0.312. The van der Waals surface area contributed by atoms with E-state index >= 15 is 0 Å². The Morgan fingerprint density at radius 2 is 1.48 bits per heavy atom. The van der Waals surface area contributed by atoms with Gasteiger partial charge < -0.3 is 4.74 Å². The molecule has 0 amide bonds. The third-order valence-electron chi connectivity index (χ3n) is 8.10. The molecule has 156 valence electrons. The van der Waals surface area contributed by atoms with Crippen LogP contribution in [0, 0.1) is 29.6 Å². The number of carbonyl (C=O) groups excluding carboxylic acids is 1. The lowest BCUT2D eigenvalue weighted by Crippen LogP contribution is -2.43. The van der Waals surface area contributed by atoms with Crippen LogP contribution in [0.5, 0.6) is 0 Å². The molecule has 2 heteroatoms. The lowest BCUT2D eigenvalue weighted by atomic mass is 9.56. The van der Waals surface area contributed by atoms with E-state index in [9.17, 15) is 4.79 Å². The van der Waals surface area contributed by atoms with Gasteiger partial charge in [-0.2, -0.15) is 0 Å². The molecule has 3 saturated carbocycles. The van der Waals surface area contributed by atoms with Crippen LogP contribution in [0.2, 0.25) is 0 Å². The fraction of sp³-hybridized carbons (Fsp3) is 0.960. The Hall–Kier alpha value is -0.530. The molecule has 3 fully saturated rings. The number of fused-ring (bicyclic) bond motifs is 3. The SMILES string of the molecule is CCCCCCC1CCC2C(CCC3CC(OC(=O)CCCC)CCC32)C1. The molecule has 0 saturated heterocycles. The average Bonchev–Trinajstić information content (AvgIpc) is 2.69. The fourth-order valence-corrected chi connectivity index (χ4v) is 6.64. The molecule has 0 aromatic carbocycles. The van der Waals surface area contributed by atoms with E-state index in [-0.39, 0.29) is 12.1 Å². The molecule has 3 aliphatic carbocycles. The van der Waals surface area contributed by atoms with Crippen LogP contribution >= 0.6 is 0 Å². The Morgan fingerprint density at radius 1 is 0.778 bits per heavy atom. The second-order valence-corrected chi connectivity index (χ2v) is 9.98. The third-order valence-corrected chi connectivity index (χ3v) is 8.10. The van der Waals surface area contributed by atoms with Crippen molar-refractivity contribution in [2.75, 3.05) is 0 Å². The van der Waals surface area contributed by atoms with Crippen molar-refractivity contribution >= 4 is 5.97 Å². The first-order valence-electron chi connectivity index (χ1n) is 12.4. The maximum absolute atomic E-state index is 12.0. The molecule has 6 atom stereocenters. The first-order chi connectivity index (χ1) is 13.2. The number of ether oxygens (including phenoxy) is 1. The molecule has 0 aromatic rings. The van der Waals surface area contributed by atoms with E-state index in [1.165, 1.54) is 70.6 Å². The minimum atomic E-state index is 0.0533. The normalized spacial score (nSPS) is 35.9. The highest BCUT2D eigenvalue weighted by Crippen LogP contribution is 2.53. The van der Waals surface area contributed by atoms with Gasteiger partial charge in [-0.05, 0) is 81.0 Å². The number of carbonyl (C=O) groups is 1. The molecule has 3 aliphatic rings. The predicted molar refractivity (Wildman–Crippen MR) is 113 cm³/mol. The molecule has 6 unspecified atom stereocenters. The summed E-state index contributed by atoms with van der Waals surface area (Å²) in [6, 6.07) is 0. The Balaban J connectivity index is 1.42. The summed E-state index contributed by atoms with van der Waals surface area (Å²) in [6.45, 7) is 4.45. The summed E-state index contributed by atoms with van der Waals surface area (Å²) in [5.41, 5.74) is 0. The van der Waals surface area contributed by atoms with Gasteiger partial charge in [-0.15, -0.1) is 0 Å². The van der Waals surface area contributed by atoms with Crippen LogP contribution in [0.15, 0.2) is 0 Å². The molecule has 0 N–H and O–H groups in total. The second-order valence-electron chi connectivity index (χ2n) is 9.98. The molecule has 2 nitrogen and oxygen atoms in total. The van der Waals surface area contributed by atoms with Crippen molar-refractivity contribution in [1.82, 2.24) is 0 Å². The molecule has 27 heavy (non-hydrogen) atoms. The summed E-state index contributed by atoms with van der Waals surface area (Å²) in [6.07, 6.45) is 21.0. The van der Waals surface area contributed by atoms with Crippen molar-refractivity contribution < 1.29 is 9.53 Å². The van der Waals surface area contributed by atoms with Gasteiger partial charge in [-0.1, -0.05) is 58.8 Å². The zero-order valence-corrected chi connectivity index (χ0v) is 18.1. The number of hydrogen-bond acceptors (Lipinski definition) is 2. The average molecular weight is 377 g/mol. The molecule has 0 aromatic heterocycles. The summed E-state index contributed by atoms with van der Waals surface area (Å²) < 4.78 is 5.82. The van der Waals surface area contributed by atoms with E-state index in [0.29, 0.717) is 6.42 Å². The van der Waals surface area contributed by atoms with E-state index < -0.39 is 0 Å². The van der Waals surface area contributed by atoms with Crippen molar-refractivity contribution in [3.63, 3.8) is 0 Å². The second kappa shape index (κ2) is 10.9. The van der Waals surface area contributed by atoms with E-state index in [0.717, 1.165) is 55.3 Å². The molecular formula is C25H44O2. The first kappa shape index (κ1) is 21.2. The van der Waals surface area contributed by atoms with Gasteiger partial charge in [0.25, 0.3) is 0 Å². The highest BCUT2D eigenvalue weighted by atomic mass is 16.5. The summed E-state index contributed by atoms with van der Waals surface area (Å²) in [4.78, 5) is 12.0. The van der Waals surface area contributed by atoms with E-state index in [4.69, 9.17) is 4.74 Å². The largest absolute Gasteiger partial charge is 0.462 e. The highest BCUT2D eigenvalue weighted by Gasteiger charge is 2.44. The Labute approximate surface area is 168 Å². The van der Waals surface area contributed by atoms with Gasteiger partial charge in [-0.3, -0.25) is 4.79 Å². The monoisotopic (exact) mass is 376 g/mol. The lowest BCUT2D eigenvalue weighted by Gasteiger charge is -2.50. The first-order valence-corrected chi connectivity index (χ1v) is 12.4. The van der Waals surface area contributed by atoms with E-state index in [1.807, 2.05) is 0 Å². The Bertz CT molecular complexity index is 446. The van der Waals surface area contributed by atoms with Crippen LogP contribution < -0.4 is 0 Å². The molecule has 0 aliphatic heterocycles. The molecule has 0 bridgehead atoms. The topological polar surface area (TPSA) is 26.3 Å². The number of unbranched alkanes of at least 4 members (excludes halogenated alkanes) is 4. The van der Waals surface area contributed by atoms with Crippen LogP contribution in [0.3, 0.4) is 0 Å². The highest BCUT2D eigenvalue weighted by molar-refractivity contribution is 5.69. The van der Waals surface area contributed by atoms with Crippen LogP contribution in [0.1, 0.15) is 117 Å². The predicted octanol–water partition coefficient (Wildman–Crippen LogP) is 7.30. The molecular weight excluding hydrogens is 332 g/mol. The van der Waals surface area contributed by atoms with Gasteiger partial charge in [0.1, 0.15) is 6.10 Å². The van der Waals surface area contributed by atoms with Gasteiger partial charge in [-0.25, -0.2) is 0 Å². The van der Waals surface area contributed by atoms with E-state index in [2.05, 4.69) is 13.8 Å². The van der Waals surface area contributed by atoms with Crippen LogP contribution in [-0.2, 0) is 9.53 Å². The lowest BCUT2D eigenvalue weighted by molar-refractivity contribution is -0.153. The van der Waals surface area contributed by atoms with Crippen LogP contribution in [-0.4, -0.2) is 12.1 Å². The minimum absolute atomic E-state index is 0.0533. The zero-order valence-electron chi connectivity index (χ0n) is 18.1. The third kappa shape index (κ3) is 5.97. The van der Waals surface area contributed by atoms with Crippen molar-refractivity contribution in [3.8, 4) is 0 Å². The van der Waals surface area contributed by atoms with Crippen molar-refractivity contribution in [1.29, 1.82) is 0 Å². The van der Waals surface area contributed by atoms with Crippen molar-refractivity contribution in [3.05, 3.63) is 0 Å². The number of esters is 1. The Morgan fingerprint density at radius 3 is 2.22 bits per heavy atom. The van der Waals surface area contributed by atoms with Gasteiger partial charge in [0, 0.05) is 6.42 Å². The van der Waals surface area contributed by atoms with Crippen LogP contribution in [0.4, 0.5) is 0 Å². The maximum atomic E-state index is 12.0. The molecule has 3 rings (SSSR count). The molecule has 0 heterocycles. The van der Waals surface area contributed by atoms with Gasteiger partial charge in [0.15, 0.2) is 0 Å². The summed E-state index contributed by atoms with van der Waals surface area (Å²) in [5.74, 6) is 4.86. The number of rotatable bonds is 9. The van der Waals surface area contributed by atoms with Gasteiger partial charge >= 0.3 is 5.97 Å². The smallest absolute Gasteiger partial charge is 0.306 e. The minimum Gasteiger partial charge on any atom is -0.462 e. The fourth-order valence-electron chi connectivity index (χ4n) is 6.64. The van der Waals surface area contributed by atoms with Gasteiger partial charge in [0.2, 0.25) is 0 Å². The number of hydrogen-bond donors (Lipinski definition) is 0. The summed E-state index contributed by atoms with van der Waals surface area (Å²) in [5, 5.41) is 0.